The minimum atomic E-state index is 0.0212. The second-order valence-corrected chi connectivity index (χ2v) is 6.77. The molecule has 134 valence electrons. The van der Waals surface area contributed by atoms with Crippen molar-refractivity contribution in [1.29, 1.82) is 0 Å². The van der Waals surface area contributed by atoms with E-state index in [4.69, 9.17) is 4.74 Å². The predicted octanol–water partition coefficient (Wildman–Crippen LogP) is 2.81. The van der Waals surface area contributed by atoms with Gasteiger partial charge in [-0.2, -0.15) is 0 Å². The summed E-state index contributed by atoms with van der Waals surface area (Å²) < 4.78 is 7.36. The van der Waals surface area contributed by atoms with Crippen LogP contribution in [0.4, 0.5) is 0 Å². The molecule has 1 atom stereocenters. The van der Waals surface area contributed by atoms with Crippen LogP contribution in [0.3, 0.4) is 0 Å². The van der Waals surface area contributed by atoms with Crippen molar-refractivity contribution in [1.82, 2.24) is 14.7 Å². The molecule has 0 bridgehead atoms. The maximum absolute atomic E-state index is 12.6. The number of nitrogens with zero attached hydrogens (tertiary/aromatic N) is 2. The highest BCUT2D eigenvalue weighted by molar-refractivity contribution is 5.79. The monoisotopic (exact) mass is 349 g/mol. The number of nitrogens with one attached hydrogen (secondary N) is 1. The SMILES string of the molecule is COc1cccc(CCNC(=O)C2CCc3nc4ccccn4c3C2)c1. The van der Waals surface area contributed by atoms with Gasteiger partial charge in [0.25, 0.3) is 0 Å². The Kier molecular flexibility index (Phi) is 4.61. The van der Waals surface area contributed by atoms with E-state index < -0.39 is 0 Å². The molecule has 3 aromatic rings. The van der Waals surface area contributed by atoms with Crippen LogP contribution in [0.25, 0.3) is 5.65 Å². The summed E-state index contributed by atoms with van der Waals surface area (Å²) in [4.78, 5) is 17.3. The third kappa shape index (κ3) is 3.29. The molecule has 1 aliphatic rings. The Morgan fingerprint density at radius 3 is 3.12 bits per heavy atom. The second kappa shape index (κ2) is 7.20. The fraction of sp³-hybridized carbons (Fsp3) is 0.333. The number of aryl methyl sites for hydroxylation is 1. The van der Waals surface area contributed by atoms with Crippen LogP contribution < -0.4 is 10.1 Å². The summed E-state index contributed by atoms with van der Waals surface area (Å²) in [5, 5.41) is 3.10. The predicted molar refractivity (Wildman–Crippen MR) is 100 cm³/mol. The van der Waals surface area contributed by atoms with Gasteiger partial charge in [-0.3, -0.25) is 4.79 Å². The van der Waals surface area contributed by atoms with E-state index in [1.54, 1.807) is 7.11 Å². The number of pyridine rings is 1. The minimum Gasteiger partial charge on any atom is -0.497 e. The molecule has 0 fully saturated rings. The first-order valence-electron chi connectivity index (χ1n) is 9.10. The van der Waals surface area contributed by atoms with E-state index in [-0.39, 0.29) is 11.8 Å². The zero-order valence-electron chi connectivity index (χ0n) is 14.9. The number of imidazole rings is 1. The van der Waals surface area contributed by atoms with Crippen molar-refractivity contribution < 1.29 is 9.53 Å². The van der Waals surface area contributed by atoms with Crippen LogP contribution in [-0.2, 0) is 24.1 Å². The van der Waals surface area contributed by atoms with Crippen molar-refractivity contribution in [2.24, 2.45) is 5.92 Å². The summed E-state index contributed by atoms with van der Waals surface area (Å²) in [6.07, 6.45) is 5.32. The lowest BCUT2D eigenvalue weighted by molar-refractivity contribution is -0.125. The first-order chi connectivity index (χ1) is 12.7. The van der Waals surface area contributed by atoms with E-state index in [2.05, 4.69) is 20.8 Å². The number of carbonyl (C=O) groups is 1. The molecule has 5 nitrogen and oxygen atoms in total. The highest BCUT2D eigenvalue weighted by Crippen LogP contribution is 2.26. The Morgan fingerprint density at radius 1 is 1.31 bits per heavy atom. The van der Waals surface area contributed by atoms with E-state index >= 15 is 0 Å². The van der Waals surface area contributed by atoms with Gasteiger partial charge in [0.05, 0.1) is 12.8 Å². The highest BCUT2D eigenvalue weighted by atomic mass is 16.5. The van der Waals surface area contributed by atoms with Crippen LogP contribution in [0.2, 0.25) is 0 Å². The molecular formula is C21H23N3O2. The molecule has 0 spiro atoms. The van der Waals surface area contributed by atoms with Gasteiger partial charge in [-0.25, -0.2) is 4.98 Å². The van der Waals surface area contributed by atoms with Crippen molar-refractivity contribution in [2.45, 2.75) is 25.7 Å². The number of amides is 1. The van der Waals surface area contributed by atoms with Gasteiger partial charge in [-0.05, 0) is 49.1 Å². The second-order valence-electron chi connectivity index (χ2n) is 6.77. The van der Waals surface area contributed by atoms with Gasteiger partial charge >= 0.3 is 0 Å². The fourth-order valence-electron chi connectivity index (χ4n) is 3.68. The summed E-state index contributed by atoms with van der Waals surface area (Å²) in [6, 6.07) is 14.0. The molecular weight excluding hydrogens is 326 g/mol. The number of hydrogen-bond acceptors (Lipinski definition) is 3. The van der Waals surface area contributed by atoms with Gasteiger partial charge in [-0.1, -0.05) is 18.2 Å². The number of ether oxygens (including phenoxy) is 1. The molecule has 1 N–H and O–H groups in total. The zero-order valence-corrected chi connectivity index (χ0v) is 14.9. The van der Waals surface area contributed by atoms with E-state index in [0.717, 1.165) is 48.3 Å². The lowest BCUT2D eigenvalue weighted by Gasteiger charge is -2.21. The molecule has 1 aliphatic carbocycles. The highest BCUT2D eigenvalue weighted by Gasteiger charge is 2.27. The Labute approximate surface area is 153 Å². The summed E-state index contributed by atoms with van der Waals surface area (Å²) in [5.41, 5.74) is 4.45. The number of rotatable bonds is 5. The first kappa shape index (κ1) is 16.6. The lowest BCUT2D eigenvalue weighted by Crippen LogP contribution is -2.35. The Morgan fingerprint density at radius 2 is 2.23 bits per heavy atom. The standard InChI is InChI=1S/C21H23N3O2/c1-26-17-6-4-5-15(13-17)10-11-22-21(25)16-8-9-18-19(14-16)24-12-3-2-7-20(24)23-18/h2-7,12-13,16H,8-11,14H2,1H3,(H,22,25). The van der Waals surface area contributed by atoms with Gasteiger partial charge in [0.15, 0.2) is 0 Å². The number of fused-ring (bicyclic) bond motifs is 3. The largest absolute Gasteiger partial charge is 0.497 e. The van der Waals surface area contributed by atoms with Gasteiger partial charge < -0.3 is 14.5 Å². The smallest absolute Gasteiger partial charge is 0.223 e. The third-order valence-corrected chi connectivity index (χ3v) is 5.10. The maximum atomic E-state index is 12.6. The first-order valence-corrected chi connectivity index (χ1v) is 9.10. The quantitative estimate of drug-likeness (QED) is 0.771. The van der Waals surface area contributed by atoms with E-state index in [1.807, 2.05) is 42.6 Å². The normalized spacial score (nSPS) is 16.3. The van der Waals surface area contributed by atoms with Crippen molar-refractivity contribution >= 4 is 11.6 Å². The molecule has 0 radical (unpaired) electrons. The van der Waals surface area contributed by atoms with Crippen molar-refractivity contribution in [3.8, 4) is 5.75 Å². The van der Waals surface area contributed by atoms with Gasteiger partial charge in [0, 0.05) is 30.8 Å². The van der Waals surface area contributed by atoms with Gasteiger partial charge in [0.1, 0.15) is 11.4 Å². The van der Waals surface area contributed by atoms with Crippen LogP contribution in [-0.4, -0.2) is 28.9 Å². The van der Waals surface area contributed by atoms with E-state index in [1.165, 1.54) is 5.69 Å². The molecule has 0 aliphatic heterocycles. The van der Waals surface area contributed by atoms with Crippen molar-refractivity contribution in [3.63, 3.8) is 0 Å². The van der Waals surface area contributed by atoms with Crippen molar-refractivity contribution in [3.05, 3.63) is 65.6 Å². The molecule has 4 rings (SSSR count). The minimum absolute atomic E-state index is 0.0212. The summed E-state index contributed by atoms with van der Waals surface area (Å²) >= 11 is 0. The summed E-state index contributed by atoms with van der Waals surface area (Å²) in [6.45, 7) is 0.641. The fourth-order valence-corrected chi connectivity index (χ4v) is 3.68. The van der Waals surface area contributed by atoms with Crippen molar-refractivity contribution in [2.75, 3.05) is 13.7 Å². The number of benzene rings is 1. The summed E-state index contributed by atoms with van der Waals surface area (Å²) in [7, 11) is 1.67. The van der Waals surface area contributed by atoms with Gasteiger partial charge in [-0.15, -0.1) is 0 Å². The Hall–Kier alpha value is -2.82. The molecule has 2 heterocycles. The Bertz CT molecular complexity index is 932. The average molecular weight is 349 g/mol. The van der Waals surface area contributed by atoms with Gasteiger partial charge in [0.2, 0.25) is 5.91 Å². The van der Waals surface area contributed by atoms with Crippen LogP contribution in [0.5, 0.6) is 5.75 Å². The maximum Gasteiger partial charge on any atom is 0.223 e. The molecule has 0 saturated carbocycles. The molecule has 2 aromatic heterocycles. The lowest BCUT2D eigenvalue weighted by atomic mass is 9.89. The molecule has 1 aromatic carbocycles. The Balaban J connectivity index is 1.37. The summed E-state index contributed by atoms with van der Waals surface area (Å²) in [5.74, 6) is 1.01. The average Bonchev–Trinajstić information content (AvgIpc) is 3.06. The van der Waals surface area contributed by atoms with E-state index in [0.29, 0.717) is 6.54 Å². The number of carbonyl (C=O) groups excluding carboxylic acids is 1. The zero-order chi connectivity index (χ0) is 17.9. The van der Waals surface area contributed by atoms with E-state index in [9.17, 15) is 4.79 Å². The molecule has 5 heteroatoms. The molecule has 0 saturated heterocycles. The van der Waals surface area contributed by atoms with Crippen LogP contribution in [0.15, 0.2) is 48.7 Å². The third-order valence-electron chi connectivity index (χ3n) is 5.10. The topological polar surface area (TPSA) is 55.6 Å². The molecule has 1 amide bonds. The number of hydrogen-bond donors (Lipinski definition) is 1. The van der Waals surface area contributed by atoms with Crippen LogP contribution >= 0.6 is 0 Å². The molecule has 26 heavy (non-hydrogen) atoms. The number of methoxy groups -OCH3 is 1. The molecule has 1 unspecified atom stereocenters. The van der Waals surface area contributed by atoms with Crippen LogP contribution in [0.1, 0.15) is 23.4 Å². The number of aromatic nitrogens is 2. The van der Waals surface area contributed by atoms with Crippen LogP contribution in [0, 0.1) is 5.92 Å².